The van der Waals surface area contributed by atoms with Crippen molar-refractivity contribution in [3.05, 3.63) is 107 Å². The van der Waals surface area contributed by atoms with Gasteiger partial charge >= 0.3 is 0 Å². The number of ether oxygens (including phenoxy) is 1. The van der Waals surface area contributed by atoms with Crippen molar-refractivity contribution in [3.8, 4) is 11.4 Å². The Morgan fingerprint density at radius 1 is 1.11 bits per heavy atom. The third kappa shape index (κ3) is 6.39. The van der Waals surface area contributed by atoms with Crippen LogP contribution >= 0.6 is 23.2 Å². The normalized spacial score (nSPS) is 15.4. The van der Waals surface area contributed by atoms with E-state index < -0.39 is 16.1 Å². The number of carbonyl (C=O) groups excluding carboxylic acids is 1. The van der Waals surface area contributed by atoms with Gasteiger partial charge < -0.3 is 14.6 Å². The Labute approximate surface area is 271 Å². The zero-order chi connectivity index (χ0) is 31.6. The number of nitrogens with zero attached hydrogens (tertiary/aromatic N) is 5. The standard InChI is InChI=1S/C32H30Cl2N6O4S/c1-21-18-27(39-17-15-35-20-39)23-7-4-9-28(31(23)38-21)44-19-24-25(33)10-11-29(30(24)34)45(42,43)40-16-5-8-26(40)32(41)37-14-12-22-6-2-3-13-36-22/h2-4,6-7,9-11,13,15,17-18,20,26H,5,8,12,14,16,19H2,1H3,(H,37,41). The lowest BCUT2D eigenvalue weighted by atomic mass is 10.1. The number of imidazole rings is 1. The van der Waals surface area contributed by atoms with Gasteiger partial charge in [0.15, 0.2) is 0 Å². The quantitative estimate of drug-likeness (QED) is 0.209. The lowest BCUT2D eigenvalue weighted by Gasteiger charge is -2.24. The van der Waals surface area contributed by atoms with Crippen LogP contribution in [0.5, 0.6) is 5.75 Å². The van der Waals surface area contributed by atoms with E-state index in [9.17, 15) is 13.2 Å². The van der Waals surface area contributed by atoms with E-state index in [0.29, 0.717) is 42.6 Å². The highest BCUT2D eigenvalue weighted by Gasteiger charge is 2.40. The number of nitrogens with one attached hydrogen (secondary N) is 1. The number of halogens is 2. The average Bonchev–Trinajstić information content (AvgIpc) is 3.75. The van der Waals surface area contributed by atoms with Gasteiger partial charge in [0.05, 0.1) is 17.0 Å². The number of amides is 1. The van der Waals surface area contributed by atoms with Crippen LogP contribution in [0.4, 0.5) is 0 Å². The van der Waals surface area contributed by atoms with Crippen molar-refractivity contribution in [2.75, 3.05) is 13.1 Å². The summed E-state index contributed by atoms with van der Waals surface area (Å²) in [6.45, 7) is 2.33. The zero-order valence-electron chi connectivity index (χ0n) is 24.4. The molecule has 2 aromatic carbocycles. The van der Waals surface area contributed by atoms with Gasteiger partial charge in [0.2, 0.25) is 15.9 Å². The first-order valence-corrected chi connectivity index (χ1v) is 16.6. The van der Waals surface area contributed by atoms with Crippen molar-refractivity contribution < 1.29 is 17.9 Å². The number of pyridine rings is 2. The van der Waals surface area contributed by atoms with E-state index in [1.54, 1.807) is 24.8 Å². The molecule has 0 radical (unpaired) electrons. The number of fused-ring (bicyclic) bond motifs is 1. The van der Waals surface area contributed by atoms with Crippen molar-refractivity contribution >= 4 is 50.0 Å². The van der Waals surface area contributed by atoms with Gasteiger partial charge in [0, 0.05) is 65.5 Å². The highest BCUT2D eigenvalue weighted by atomic mass is 35.5. The minimum Gasteiger partial charge on any atom is -0.487 e. The Hall–Kier alpha value is -4.03. The molecule has 1 aliphatic rings. The van der Waals surface area contributed by atoms with Gasteiger partial charge in [-0.3, -0.25) is 9.78 Å². The van der Waals surface area contributed by atoms with Crippen molar-refractivity contribution in [1.29, 1.82) is 0 Å². The number of aromatic nitrogens is 4. The third-order valence-electron chi connectivity index (χ3n) is 7.71. The SMILES string of the molecule is Cc1cc(-n2ccnc2)c2cccc(OCc3c(Cl)ccc(S(=O)(=O)N4CCCC4C(=O)NCCc4ccccn4)c3Cl)c2n1. The maximum atomic E-state index is 13.9. The summed E-state index contributed by atoms with van der Waals surface area (Å²) in [6, 6.07) is 15.1. The number of aryl methyl sites for hydroxylation is 1. The van der Waals surface area contributed by atoms with Crippen LogP contribution < -0.4 is 10.1 Å². The number of rotatable bonds is 10. The first kappa shape index (κ1) is 31.0. The maximum absolute atomic E-state index is 13.9. The van der Waals surface area contributed by atoms with Crippen LogP contribution in [0.15, 0.2) is 84.4 Å². The summed E-state index contributed by atoms with van der Waals surface area (Å²) in [5.74, 6) is 0.134. The lowest BCUT2D eigenvalue weighted by molar-refractivity contribution is -0.124. The fourth-order valence-electron chi connectivity index (χ4n) is 5.51. The molecule has 1 saturated heterocycles. The van der Waals surface area contributed by atoms with Crippen LogP contribution in [0.3, 0.4) is 0 Å². The molecule has 6 rings (SSSR count). The van der Waals surface area contributed by atoms with E-state index >= 15 is 0 Å². The number of benzene rings is 2. The minimum absolute atomic E-state index is 0.0489. The molecule has 45 heavy (non-hydrogen) atoms. The fourth-order valence-corrected chi connectivity index (χ4v) is 8.03. The second kappa shape index (κ2) is 13.1. The summed E-state index contributed by atoms with van der Waals surface area (Å²) in [4.78, 5) is 26.1. The highest BCUT2D eigenvalue weighted by molar-refractivity contribution is 7.89. The molecule has 0 spiro atoms. The summed E-state index contributed by atoms with van der Waals surface area (Å²) in [5.41, 5.74) is 3.46. The Morgan fingerprint density at radius 2 is 1.98 bits per heavy atom. The minimum atomic E-state index is -4.14. The van der Waals surface area contributed by atoms with E-state index in [4.69, 9.17) is 32.9 Å². The Bertz CT molecular complexity index is 1960. The molecule has 1 atom stereocenters. The van der Waals surface area contributed by atoms with Gasteiger partial charge in [0.25, 0.3) is 0 Å². The van der Waals surface area contributed by atoms with Crippen LogP contribution in [-0.2, 0) is 27.8 Å². The number of para-hydroxylation sites is 1. The summed E-state index contributed by atoms with van der Waals surface area (Å²) in [7, 11) is -4.14. The van der Waals surface area contributed by atoms with Gasteiger partial charge in [0.1, 0.15) is 28.8 Å². The molecule has 1 N–H and O–H groups in total. The van der Waals surface area contributed by atoms with Crippen molar-refractivity contribution in [2.24, 2.45) is 0 Å². The first-order chi connectivity index (χ1) is 21.7. The van der Waals surface area contributed by atoms with Crippen molar-refractivity contribution in [2.45, 2.75) is 43.7 Å². The van der Waals surface area contributed by atoms with Crippen LogP contribution in [0.2, 0.25) is 10.0 Å². The molecule has 10 nitrogen and oxygen atoms in total. The van der Waals surface area contributed by atoms with Crippen LogP contribution in [0.1, 0.15) is 29.8 Å². The number of carbonyl (C=O) groups is 1. The third-order valence-corrected chi connectivity index (χ3v) is 10.6. The summed E-state index contributed by atoms with van der Waals surface area (Å²) in [6.07, 6.45) is 8.45. The second-order valence-corrected chi connectivity index (χ2v) is 13.3. The van der Waals surface area contributed by atoms with Crippen LogP contribution in [-0.4, -0.2) is 57.3 Å². The van der Waals surface area contributed by atoms with Crippen molar-refractivity contribution in [1.82, 2.24) is 29.1 Å². The number of hydrogen-bond donors (Lipinski definition) is 1. The zero-order valence-corrected chi connectivity index (χ0v) is 26.7. The molecular formula is C32H30Cl2N6O4S. The van der Waals surface area contributed by atoms with E-state index in [1.165, 1.54) is 16.4 Å². The maximum Gasteiger partial charge on any atom is 0.245 e. The lowest BCUT2D eigenvalue weighted by Crippen LogP contribution is -2.46. The molecule has 1 aliphatic heterocycles. The van der Waals surface area contributed by atoms with Gasteiger partial charge in [-0.25, -0.2) is 18.4 Å². The summed E-state index contributed by atoms with van der Waals surface area (Å²) in [5, 5.41) is 3.92. The molecule has 0 bridgehead atoms. The van der Waals surface area contributed by atoms with E-state index in [-0.39, 0.29) is 34.0 Å². The van der Waals surface area contributed by atoms with E-state index in [0.717, 1.165) is 22.5 Å². The molecule has 1 unspecified atom stereocenters. The molecule has 0 saturated carbocycles. The molecule has 5 aromatic rings. The van der Waals surface area contributed by atoms with Gasteiger partial charge in [-0.1, -0.05) is 41.4 Å². The summed E-state index contributed by atoms with van der Waals surface area (Å²) < 4.78 is 37.1. The largest absolute Gasteiger partial charge is 0.487 e. The monoisotopic (exact) mass is 664 g/mol. The highest BCUT2D eigenvalue weighted by Crippen LogP contribution is 2.37. The fraction of sp³-hybridized carbons (Fsp3) is 0.250. The van der Waals surface area contributed by atoms with Gasteiger partial charge in [-0.2, -0.15) is 4.31 Å². The van der Waals surface area contributed by atoms with E-state index in [2.05, 4.69) is 15.3 Å². The first-order valence-electron chi connectivity index (χ1n) is 14.4. The predicted molar refractivity (Wildman–Crippen MR) is 172 cm³/mol. The Balaban J connectivity index is 1.22. The van der Waals surface area contributed by atoms with Crippen LogP contribution in [0.25, 0.3) is 16.6 Å². The molecule has 4 heterocycles. The molecular weight excluding hydrogens is 635 g/mol. The molecule has 1 fully saturated rings. The molecule has 0 aliphatic carbocycles. The van der Waals surface area contributed by atoms with Gasteiger partial charge in [-0.05, 0) is 56.2 Å². The second-order valence-electron chi connectivity index (χ2n) is 10.7. The van der Waals surface area contributed by atoms with Crippen LogP contribution in [0, 0.1) is 6.92 Å². The number of hydrogen-bond acceptors (Lipinski definition) is 7. The molecule has 3 aromatic heterocycles. The Morgan fingerprint density at radius 3 is 2.76 bits per heavy atom. The Kier molecular flexibility index (Phi) is 9.04. The van der Waals surface area contributed by atoms with Gasteiger partial charge in [-0.15, -0.1) is 0 Å². The average molecular weight is 666 g/mol. The topological polar surface area (TPSA) is 119 Å². The molecule has 232 valence electrons. The number of sulfonamides is 1. The molecule has 13 heteroatoms. The smallest absolute Gasteiger partial charge is 0.245 e. The summed E-state index contributed by atoms with van der Waals surface area (Å²) >= 11 is 13.3. The van der Waals surface area contributed by atoms with E-state index in [1.807, 2.05) is 54.1 Å². The van der Waals surface area contributed by atoms with Crippen molar-refractivity contribution in [3.63, 3.8) is 0 Å². The predicted octanol–water partition coefficient (Wildman–Crippen LogP) is 5.52. The molecule has 1 amide bonds.